The molecule has 0 amide bonds. The van der Waals surface area contributed by atoms with Crippen molar-refractivity contribution >= 4 is 16.8 Å². The number of carbonyl (C=O) groups is 1. The number of ether oxygens (including phenoxy) is 1. The molecule has 1 atom stereocenters. The van der Waals surface area contributed by atoms with Crippen molar-refractivity contribution in [1.82, 2.24) is 4.90 Å². The predicted octanol–water partition coefficient (Wildman–Crippen LogP) is 1.42. The van der Waals surface area contributed by atoms with E-state index in [9.17, 15) is 4.79 Å². The maximum Gasteiger partial charge on any atom is 0.244 e. The summed E-state index contributed by atoms with van der Waals surface area (Å²) in [5.41, 5.74) is 0. The summed E-state index contributed by atoms with van der Waals surface area (Å²) < 4.78 is 5.02. The zero-order valence-corrected chi connectivity index (χ0v) is 9.17. The summed E-state index contributed by atoms with van der Waals surface area (Å²) in [5.74, 6) is 0. The van der Waals surface area contributed by atoms with Gasteiger partial charge in [0.1, 0.15) is 0 Å². The highest BCUT2D eigenvalue weighted by molar-refractivity contribution is 6.66. The van der Waals surface area contributed by atoms with E-state index in [1.54, 1.807) is 7.11 Å². The van der Waals surface area contributed by atoms with E-state index >= 15 is 0 Å². The number of allylic oxidation sites excluding steroid dienone is 1. The highest BCUT2D eigenvalue weighted by Gasteiger charge is 2.21. The second kappa shape index (κ2) is 6.17. The van der Waals surface area contributed by atoms with Crippen LogP contribution in [-0.4, -0.2) is 43.0 Å². The van der Waals surface area contributed by atoms with Gasteiger partial charge in [0.2, 0.25) is 5.24 Å². The van der Waals surface area contributed by atoms with Crippen molar-refractivity contribution in [2.45, 2.75) is 18.9 Å². The van der Waals surface area contributed by atoms with Crippen LogP contribution in [0, 0.1) is 0 Å². The average molecular weight is 218 g/mol. The smallest absolute Gasteiger partial charge is 0.244 e. The molecule has 1 saturated heterocycles. The third kappa shape index (κ3) is 3.78. The van der Waals surface area contributed by atoms with Gasteiger partial charge in [0.05, 0.1) is 6.61 Å². The molecule has 14 heavy (non-hydrogen) atoms. The Hall–Kier alpha value is -0.380. The first-order valence-corrected chi connectivity index (χ1v) is 5.22. The third-order valence-corrected chi connectivity index (χ3v) is 2.57. The third-order valence-electron chi connectivity index (χ3n) is 2.45. The second-order valence-corrected chi connectivity index (χ2v) is 3.77. The molecule has 0 spiro atoms. The molecule has 1 aliphatic rings. The van der Waals surface area contributed by atoms with Gasteiger partial charge in [0.25, 0.3) is 0 Å². The van der Waals surface area contributed by atoms with Crippen LogP contribution in [0.15, 0.2) is 12.2 Å². The quantitative estimate of drug-likeness (QED) is 0.515. The minimum Gasteiger partial charge on any atom is -0.383 e. The molecule has 3 nitrogen and oxygen atoms in total. The van der Waals surface area contributed by atoms with Gasteiger partial charge in [0, 0.05) is 19.7 Å². The molecule has 4 heteroatoms. The van der Waals surface area contributed by atoms with Crippen molar-refractivity contribution in [3.05, 3.63) is 12.2 Å². The molecule has 80 valence electrons. The summed E-state index contributed by atoms with van der Waals surface area (Å²) in [7, 11) is 1.70. The zero-order chi connectivity index (χ0) is 10.4. The largest absolute Gasteiger partial charge is 0.383 e. The second-order valence-electron chi connectivity index (χ2n) is 3.40. The molecule has 0 aromatic carbocycles. The molecule has 0 aromatic rings. The standard InChI is InChI=1S/C10H16ClNO2/c1-14-8-7-12-6-2-3-9(12)4-5-10(11)13/h4-5,9H,2-3,6-8H2,1H3/b5-4+/t9-/m1/s1. The van der Waals surface area contributed by atoms with Crippen LogP contribution in [0.3, 0.4) is 0 Å². The summed E-state index contributed by atoms with van der Waals surface area (Å²) in [4.78, 5) is 12.9. The van der Waals surface area contributed by atoms with Gasteiger partial charge in [-0.2, -0.15) is 0 Å². The van der Waals surface area contributed by atoms with Crippen LogP contribution in [0.1, 0.15) is 12.8 Å². The number of methoxy groups -OCH3 is 1. The normalized spacial score (nSPS) is 23.4. The molecule has 0 N–H and O–H groups in total. The zero-order valence-electron chi connectivity index (χ0n) is 8.41. The van der Waals surface area contributed by atoms with Gasteiger partial charge >= 0.3 is 0 Å². The first kappa shape index (κ1) is 11.7. The van der Waals surface area contributed by atoms with Gasteiger partial charge < -0.3 is 4.74 Å². The van der Waals surface area contributed by atoms with Crippen molar-refractivity contribution in [3.8, 4) is 0 Å². The maximum absolute atomic E-state index is 10.6. The molecule has 1 fully saturated rings. The Morgan fingerprint density at radius 2 is 2.50 bits per heavy atom. The van der Waals surface area contributed by atoms with Gasteiger partial charge in [-0.3, -0.25) is 9.69 Å². The van der Waals surface area contributed by atoms with Crippen LogP contribution in [0.4, 0.5) is 0 Å². The van der Waals surface area contributed by atoms with Crippen LogP contribution in [0.25, 0.3) is 0 Å². The first-order valence-electron chi connectivity index (χ1n) is 4.84. The fraction of sp³-hybridized carbons (Fsp3) is 0.700. The first-order chi connectivity index (χ1) is 6.74. The van der Waals surface area contributed by atoms with Gasteiger partial charge in [-0.05, 0) is 37.1 Å². The Labute approximate surface area is 89.7 Å². The number of likely N-dealkylation sites (tertiary alicyclic amines) is 1. The van der Waals surface area contributed by atoms with E-state index < -0.39 is 5.24 Å². The highest BCUT2D eigenvalue weighted by atomic mass is 35.5. The fourth-order valence-corrected chi connectivity index (χ4v) is 1.82. The van der Waals surface area contributed by atoms with Crippen molar-refractivity contribution < 1.29 is 9.53 Å². The van der Waals surface area contributed by atoms with E-state index in [1.165, 1.54) is 12.5 Å². The Morgan fingerprint density at radius 1 is 1.71 bits per heavy atom. The number of rotatable bonds is 5. The number of hydrogen-bond donors (Lipinski definition) is 0. The highest BCUT2D eigenvalue weighted by Crippen LogP contribution is 2.17. The van der Waals surface area contributed by atoms with E-state index in [2.05, 4.69) is 4.90 Å². The topological polar surface area (TPSA) is 29.5 Å². The Kier molecular flexibility index (Phi) is 5.15. The summed E-state index contributed by atoms with van der Waals surface area (Å²) >= 11 is 5.24. The van der Waals surface area contributed by atoms with Crippen molar-refractivity contribution in [3.63, 3.8) is 0 Å². The molecule has 1 aliphatic heterocycles. The minimum absolute atomic E-state index is 0.354. The molecule has 0 radical (unpaired) electrons. The Balaban J connectivity index is 2.38. The van der Waals surface area contributed by atoms with Crippen LogP contribution in [0.2, 0.25) is 0 Å². The average Bonchev–Trinajstić information content (AvgIpc) is 2.58. The summed E-state index contributed by atoms with van der Waals surface area (Å²) in [5, 5.41) is -0.399. The molecule has 0 aliphatic carbocycles. The molecule has 1 heterocycles. The lowest BCUT2D eigenvalue weighted by Gasteiger charge is -2.20. The molecular formula is C10H16ClNO2. The van der Waals surface area contributed by atoms with Crippen LogP contribution < -0.4 is 0 Å². The van der Waals surface area contributed by atoms with Crippen molar-refractivity contribution in [1.29, 1.82) is 0 Å². The number of hydrogen-bond acceptors (Lipinski definition) is 3. The van der Waals surface area contributed by atoms with Crippen LogP contribution in [-0.2, 0) is 9.53 Å². The van der Waals surface area contributed by atoms with Crippen LogP contribution in [0.5, 0.6) is 0 Å². The van der Waals surface area contributed by atoms with E-state index in [1.807, 2.05) is 6.08 Å². The number of halogens is 1. The lowest BCUT2D eigenvalue weighted by molar-refractivity contribution is -0.107. The predicted molar refractivity (Wildman–Crippen MR) is 56.5 cm³/mol. The van der Waals surface area contributed by atoms with Gasteiger partial charge in [-0.1, -0.05) is 6.08 Å². The fourth-order valence-electron chi connectivity index (χ4n) is 1.74. The number of carbonyl (C=O) groups excluding carboxylic acids is 1. The van der Waals surface area contributed by atoms with Gasteiger partial charge in [-0.15, -0.1) is 0 Å². The molecule has 1 rings (SSSR count). The Morgan fingerprint density at radius 3 is 3.14 bits per heavy atom. The molecular weight excluding hydrogens is 202 g/mol. The maximum atomic E-state index is 10.6. The minimum atomic E-state index is -0.399. The van der Waals surface area contributed by atoms with Crippen LogP contribution >= 0.6 is 11.6 Å². The number of nitrogens with zero attached hydrogens (tertiary/aromatic N) is 1. The van der Waals surface area contributed by atoms with E-state index in [-0.39, 0.29) is 0 Å². The summed E-state index contributed by atoms with van der Waals surface area (Å²) in [6, 6.07) is 0.354. The van der Waals surface area contributed by atoms with E-state index in [0.717, 1.165) is 26.1 Å². The monoisotopic (exact) mass is 217 g/mol. The lowest BCUT2D eigenvalue weighted by atomic mass is 10.2. The van der Waals surface area contributed by atoms with E-state index in [4.69, 9.17) is 16.3 Å². The van der Waals surface area contributed by atoms with Crippen molar-refractivity contribution in [2.24, 2.45) is 0 Å². The SMILES string of the molecule is COCCN1CCC[C@@H]1/C=C/C(=O)Cl. The molecule has 0 aromatic heterocycles. The van der Waals surface area contributed by atoms with Crippen molar-refractivity contribution in [2.75, 3.05) is 26.8 Å². The molecule has 0 bridgehead atoms. The summed E-state index contributed by atoms with van der Waals surface area (Å²) in [6.45, 7) is 2.73. The Bertz CT molecular complexity index is 218. The lowest BCUT2D eigenvalue weighted by Crippen LogP contribution is -2.31. The van der Waals surface area contributed by atoms with Gasteiger partial charge in [0.15, 0.2) is 0 Å². The van der Waals surface area contributed by atoms with Gasteiger partial charge in [-0.25, -0.2) is 0 Å². The molecule has 0 saturated carbocycles. The van der Waals surface area contributed by atoms with E-state index in [0.29, 0.717) is 6.04 Å². The summed E-state index contributed by atoms with van der Waals surface area (Å²) in [6.07, 6.45) is 5.61. The molecule has 0 unspecified atom stereocenters.